The fourth-order valence-electron chi connectivity index (χ4n) is 2.76. The van der Waals surface area contributed by atoms with Crippen LogP contribution >= 0.6 is 0 Å². The molecule has 1 aliphatic rings. The summed E-state index contributed by atoms with van der Waals surface area (Å²) in [7, 11) is 0. The van der Waals surface area contributed by atoms with Crippen LogP contribution in [0, 0.1) is 5.92 Å². The minimum atomic E-state index is 0.0610. The van der Waals surface area contributed by atoms with Crippen LogP contribution < -0.4 is 5.32 Å². The van der Waals surface area contributed by atoms with Crippen molar-refractivity contribution in [3.63, 3.8) is 0 Å². The molecule has 2 N–H and O–H groups in total. The predicted octanol–water partition coefficient (Wildman–Crippen LogP) is 1.54. The van der Waals surface area contributed by atoms with Crippen LogP contribution in [0.4, 0.5) is 0 Å². The second-order valence-corrected chi connectivity index (χ2v) is 6.13. The van der Waals surface area contributed by atoms with Crippen LogP contribution in [0.5, 0.6) is 0 Å². The number of carbonyl (C=O) groups is 1. The number of aliphatic hydroxyl groups excluding tert-OH is 1. The van der Waals surface area contributed by atoms with Crippen molar-refractivity contribution in [1.29, 1.82) is 0 Å². The van der Waals surface area contributed by atoms with Crippen LogP contribution in [0.3, 0.4) is 0 Å². The molecule has 1 saturated heterocycles. The molecule has 0 aromatic heterocycles. The normalized spacial score (nSPS) is 16.4. The summed E-state index contributed by atoms with van der Waals surface area (Å²) in [5.41, 5.74) is 2.24. The number of rotatable bonds is 8. The van der Waals surface area contributed by atoms with Crippen molar-refractivity contribution in [1.82, 2.24) is 10.2 Å². The van der Waals surface area contributed by atoms with Crippen molar-refractivity contribution in [3.8, 4) is 0 Å². The van der Waals surface area contributed by atoms with Crippen molar-refractivity contribution in [2.24, 2.45) is 5.92 Å². The lowest BCUT2D eigenvalue weighted by atomic mass is 9.98. The Bertz CT molecular complexity index is 468. The lowest BCUT2D eigenvalue weighted by Gasteiger charge is -2.30. The summed E-state index contributed by atoms with van der Waals surface area (Å²) < 4.78 is 5.37. The molecular weight excluding hydrogens is 292 g/mol. The monoisotopic (exact) mass is 320 g/mol. The van der Waals surface area contributed by atoms with Gasteiger partial charge in [0.15, 0.2) is 0 Å². The first kappa shape index (κ1) is 17.9. The zero-order chi connectivity index (χ0) is 16.5. The highest BCUT2D eigenvalue weighted by atomic mass is 16.5. The van der Waals surface area contributed by atoms with Gasteiger partial charge in [0.1, 0.15) is 0 Å². The lowest BCUT2D eigenvalue weighted by molar-refractivity contribution is -0.122. The standard InChI is InChI=1S/C18H28N2O3/c1-2-23-14-17-5-3-15(4-6-17)11-19-18(22)12-20-9-7-16(13-21)8-10-20/h3-6,16,21H,2,7-14H2,1H3,(H,19,22). The molecule has 1 aliphatic heterocycles. The first-order valence-electron chi connectivity index (χ1n) is 8.46. The molecule has 0 spiro atoms. The molecule has 0 bridgehead atoms. The van der Waals surface area contributed by atoms with Crippen LogP contribution in [0.2, 0.25) is 0 Å². The fourth-order valence-corrected chi connectivity index (χ4v) is 2.76. The average molecular weight is 320 g/mol. The Morgan fingerprint density at radius 1 is 1.26 bits per heavy atom. The summed E-state index contributed by atoms with van der Waals surface area (Å²) in [6.45, 7) is 6.38. The first-order valence-corrected chi connectivity index (χ1v) is 8.46. The van der Waals surface area contributed by atoms with E-state index in [1.807, 2.05) is 31.2 Å². The predicted molar refractivity (Wildman–Crippen MR) is 89.9 cm³/mol. The highest BCUT2D eigenvalue weighted by Crippen LogP contribution is 2.15. The summed E-state index contributed by atoms with van der Waals surface area (Å²) in [6.07, 6.45) is 1.95. The third kappa shape index (κ3) is 6.29. The van der Waals surface area contributed by atoms with Gasteiger partial charge in [0.25, 0.3) is 0 Å². The third-order valence-electron chi connectivity index (χ3n) is 4.32. The summed E-state index contributed by atoms with van der Waals surface area (Å²) in [5.74, 6) is 0.468. The van der Waals surface area contributed by atoms with E-state index in [0.717, 1.165) is 37.1 Å². The molecule has 5 nitrogen and oxygen atoms in total. The van der Waals surface area contributed by atoms with E-state index < -0.39 is 0 Å². The van der Waals surface area contributed by atoms with Crippen LogP contribution in [0.15, 0.2) is 24.3 Å². The Hall–Kier alpha value is -1.43. The van der Waals surface area contributed by atoms with Crippen LogP contribution in [0.1, 0.15) is 30.9 Å². The fraction of sp³-hybridized carbons (Fsp3) is 0.611. The number of hydrogen-bond acceptors (Lipinski definition) is 4. The molecule has 0 radical (unpaired) electrons. The average Bonchev–Trinajstić information content (AvgIpc) is 2.59. The molecule has 23 heavy (non-hydrogen) atoms. The molecule has 0 unspecified atom stereocenters. The molecule has 0 atom stereocenters. The van der Waals surface area contributed by atoms with Crippen molar-refractivity contribution in [2.75, 3.05) is 32.8 Å². The molecule has 0 saturated carbocycles. The van der Waals surface area contributed by atoms with E-state index in [2.05, 4.69) is 10.2 Å². The first-order chi connectivity index (χ1) is 11.2. The maximum Gasteiger partial charge on any atom is 0.234 e. The molecule has 1 heterocycles. The van der Waals surface area contributed by atoms with Gasteiger partial charge in [0.2, 0.25) is 5.91 Å². The van der Waals surface area contributed by atoms with E-state index in [9.17, 15) is 4.79 Å². The van der Waals surface area contributed by atoms with Crippen molar-refractivity contribution in [3.05, 3.63) is 35.4 Å². The van der Waals surface area contributed by atoms with Crippen molar-refractivity contribution < 1.29 is 14.6 Å². The lowest BCUT2D eigenvalue weighted by Crippen LogP contribution is -2.41. The zero-order valence-electron chi connectivity index (χ0n) is 14.0. The molecule has 1 aromatic carbocycles. The minimum absolute atomic E-state index is 0.0610. The van der Waals surface area contributed by atoms with Gasteiger partial charge in [-0.3, -0.25) is 9.69 Å². The SMILES string of the molecule is CCOCc1ccc(CNC(=O)CN2CCC(CO)CC2)cc1. The number of nitrogens with zero attached hydrogens (tertiary/aromatic N) is 1. The highest BCUT2D eigenvalue weighted by molar-refractivity contribution is 5.78. The molecule has 5 heteroatoms. The number of likely N-dealkylation sites (tertiary alicyclic amines) is 1. The number of aliphatic hydroxyl groups is 1. The molecule has 1 fully saturated rings. The van der Waals surface area contributed by atoms with Gasteiger partial charge in [0.05, 0.1) is 13.2 Å². The third-order valence-corrected chi connectivity index (χ3v) is 4.32. The van der Waals surface area contributed by atoms with E-state index in [4.69, 9.17) is 9.84 Å². The molecule has 1 aromatic rings. The molecule has 1 amide bonds. The van der Waals surface area contributed by atoms with Gasteiger partial charge in [-0.2, -0.15) is 0 Å². The quantitative estimate of drug-likeness (QED) is 0.763. The summed E-state index contributed by atoms with van der Waals surface area (Å²) >= 11 is 0. The summed E-state index contributed by atoms with van der Waals surface area (Å²) in [5, 5.41) is 12.1. The number of amides is 1. The van der Waals surface area contributed by atoms with Crippen molar-refractivity contribution >= 4 is 5.91 Å². The van der Waals surface area contributed by atoms with E-state index >= 15 is 0 Å². The van der Waals surface area contributed by atoms with Gasteiger partial charge >= 0.3 is 0 Å². The van der Waals surface area contributed by atoms with Crippen molar-refractivity contribution in [2.45, 2.75) is 32.9 Å². The highest BCUT2D eigenvalue weighted by Gasteiger charge is 2.19. The largest absolute Gasteiger partial charge is 0.396 e. The summed E-state index contributed by atoms with van der Waals surface area (Å²) in [4.78, 5) is 14.2. The van der Waals surface area contributed by atoms with Gasteiger partial charge in [0, 0.05) is 19.8 Å². The van der Waals surface area contributed by atoms with E-state index in [0.29, 0.717) is 32.2 Å². The molecular formula is C18H28N2O3. The number of ether oxygens (including phenoxy) is 1. The topological polar surface area (TPSA) is 61.8 Å². The van der Waals surface area contributed by atoms with Gasteiger partial charge in [-0.15, -0.1) is 0 Å². The molecule has 128 valence electrons. The van der Waals surface area contributed by atoms with Gasteiger partial charge in [-0.1, -0.05) is 24.3 Å². The van der Waals surface area contributed by atoms with E-state index in [1.165, 1.54) is 0 Å². The Labute approximate surface area is 138 Å². The smallest absolute Gasteiger partial charge is 0.234 e. The van der Waals surface area contributed by atoms with Gasteiger partial charge < -0.3 is 15.2 Å². The Kier molecular flexibility index (Phi) is 7.52. The maximum atomic E-state index is 12.0. The molecule has 2 rings (SSSR count). The maximum absolute atomic E-state index is 12.0. The van der Waals surface area contributed by atoms with Crippen LogP contribution in [0.25, 0.3) is 0 Å². The van der Waals surface area contributed by atoms with Crippen LogP contribution in [-0.2, 0) is 22.7 Å². The summed E-state index contributed by atoms with van der Waals surface area (Å²) in [6, 6.07) is 8.14. The Morgan fingerprint density at radius 2 is 1.91 bits per heavy atom. The van der Waals surface area contributed by atoms with Crippen LogP contribution in [-0.4, -0.2) is 48.8 Å². The number of benzene rings is 1. The second-order valence-electron chi connectivity index (χ2n) is 6.13. The second kappa shape index (κ2) is 9.65. The number of carbonyl (C=O) groups excluding carboxylic acids is 1. The minimum Gasteiger partial charge on any atom is -0.396 e. The van der Waals surface area contributed by atoms with Gasteiger partial charge in [-0.05, 0) is 49.9 Å². The Morgan fingerprint density at radius 3 is 2.52 bits per heavy atom. The zero-order valence-corrected chi connectivity index (χ0v) is 14.0. The number of hydrogen-bond donors (Lipinski definition) is 2. The number of nitrogens with one attached hydrogen (secondary N) is 1. The number of piperidine rings is 1. The van der Waals surface area contributed by atoms with E-state index in [-0.39, 0.29) is 12.5 Å². The van der Waals surface area contributed by atoms with Gasteiger partial charge in [-0.25, -0.2) is 0 Å². The Balaban J connectivity index is 1.68. The molecule has 0 aliphatic carbocycles. The van der Waals surface area contributed by atoms with E-state index in [1.54, 1.807) is 0 Å².